The number of carbonyl (C=O) groups is 1. The molecule has 0 bridgehead atoms. The van der Waals surface area contributed by atoms with Crippen molar-refractivity contribution in [2.24, 2.45) is 0 Å². The quantitative estimate of drug-likeness (QED) is 0.686. The molecule has 0 aliphatic rings. The second-order valence-electron chi connectivity index (χ2n) is 2.43. The number of aryl methyl sites for hydroxylation is 1. The summed E-state index contributed by atoms with van der Waals surface area (Å²) in [6.07, 6.45) is 1.59. The molecule has 4 nitrogen and oxygen atoms in total. The van der Waals surface area contributed by atoms with Crippen molar-refractivity contribution in [3.8, 4) is 0 Å². The zero-order valence-electron chi connectivity index (χ0n) is 6.48. The zero-order valence-corrected chi connectivity index (χ0v) is 6.48. The van der Waals surface area contributed by atoms with Crippen LogP contribution in [0.25, 0.3) is 0 Å². The Balaban J connectivity index is 2.92. The number of hydrogen-bond acceptors (Lipinski definition) is 2. The second kappa shape index (κ2) is 2.74. The van der Waals surface area contributed by atoms with Gasteiger partial charge in [0.25, 0.3) is 0 Å². The van der Waals surface area contributed by atoms with E-state index in [0.29, 0.717) is 0 Å². The summed E-state index contributed by atoms with van der Waals surface area (Å²) in [5.41, 5.74) is 0.861. The van der Waals surface area contributed by atoms with Crippen LogP contribution >= 0.6 is 0 Å². The zero-order chi connectivity index (χ0) is 8.43. The van der Waals surface area contributed by atoms with Gasteiger partial charge < -0.3 is 5.11 Å². The number of carboxylic acid groups (broad SMARTS) is 1. The van der Waals surface area contributed by atoms with Crippen molar-refractivity contribution in [1.29, 1.82) is 0 Å². The SMILES string of the molecule is Cc1ccnn1C(C)C(=O)O. The summed E-state index contributed by atoms with van der Waals surface area (Å²) in [5.74, 6) is -0.864. The van der Waals surface area contributed by atoms with E-state index >= 15 is 0 Å². The summed E-state index contributed by atoms with van der Waals surface area (Å²) in [6, 6.07) is 1.20. The minimum Gasteiger partial charge on any atom is -0.480 e. The van der Waals surface area contributed by atoms with Gasteiger partial charge in [0, 0.05) is 11.9 Å². The van der Waals surface area contributed by atoms with Gasteiger partial charge >= 0.3 is 5.97 Å². The molecule has 1 rings (SSSR count). The van der Waals surface area contributed by atoms with Gasteiger partial charge in [-0.25, -0.2) is 4.79 Å². The molecule has 0 spiro atoms. The molecule has 0 saturated carbocycles. The summed E-state index contributed by atoms with van der Waals surface area (Å²) in [5, 5.41) is 12.5. The predicted molar refractivity (Wildman–Crippen MR) is 39.3 cm³/mol. The maximum atomic E-state index is 10.5. The molecule has 1 N–H and O–H groups in total. The molecule has 1 unspecified atom stereocenters. The summed E-state index contributed by atoms with van der Waals surface area (Å²) < 4.78 is 1.47. The number of aliphatic carboxylic acids is 1. The molecule has 4 heteroatoms. The van der Waals surface area contributed by atoms with E-state index in [-0.39, 0.29) is 0 Å². The van der Waals surface area contributed by atoms with Crippen LogP contribution in [0.2, 0.25) is 0 Å². The Bertz CT molecular complexity index is 267. The van der Waals surface area contributed by atoms with Crippen molar-refractivity contribution in [1.82, 2.24) is 9.78 Å². The average molecular weight is 154 g/mol. The van der Waals surface area contributed by atoms with Gasteiger partial charge in [-0.15, -0.1) is 0 Å². The van der Waals surface area contributed by atoms with Crippen LogP contribution in [0.1, 0.15) is 18.7 Å². The number of hydrogen-bond donors (Lipinski definition) is 1. The fraction of sp³-hybridized carbons (Fsp3) is 0.429. The van der Waals surface area contributed by atoms with Crippen LogP contribution in [0.4, 0.5) is 0 Å². The summed E-state index contributed by atoms with van der Waals surface area (Å²) in [7, 11) is 0. The highest BCUT2D eigenvalue weighted by Crippen LogP contribution is 2.06. The van der Waals surface area contributed by atoms with Crippen LogP contribution in [0.3, 0.4) is 0 Å². The minimum atomic E-state index is -0.864. The Morgan fingerprint density at radius 1 is 1.82 bits per heavy atom. The third kappa shape index (κ3) is 1.39. The van der Waals surface area contributed by atoms with Crippen LogP contribution in [-0.2, 0) is 4.79 Å². The summed E-state index contributed by atoms with van der Waals surface area (Å²) in [6.45, 7) is 3.43. The predicted octanol–water partition coefficient (Wildman–Crippen LogP) is 0.837. The molecule has 1 atom stereocenters. The molecule has 0 fully saturated rings. The first kappa shape index (κ1) is 7.78. The molecular weight excluding hydrogens is 144 g/mol. The van der Waals surface area contributed by atoms with E-state index in [2.05, 4.69) is 5.10 Å². The van der Waals surface area contributed by atoms with Crippen LogP contribution in [0.15, 0.2) is 12.3 Å². The Morgan fingerprint density at radius 2 is 2.45 bits per heavy atom. The van der Waals surface area contributed by atoms with Gasteiger partial charge in [0.2, 0.25) is 0 Å². The first-order chi connectivity index (χ1) is 5.13. The fourth-order valence-electron chi connectivity index (χ4n) is 0.891. The van der Waals surface area contributed by atoms with Crippen LogP contribution in [0.5, 0.6) is 0 Å². The van der Waals surface area contributed by atoms with Gasteiger partial charge in [-0.3, -0.25) is 4.68 Å². The highest BCUT2D eigenvalue weighted by atomic mass is 16.4. The number of aromatic nitrogens is 2. The topological polar surface area (TPSA) is 55.1 Å². The first-order valence-electron chi connectivity index (χ1n) is 3.36. The first-order valence-corrected chi connectivity index (χ1v) is 3.36. The average Bonchev–Trinajstić information content (AvgIpc) is 2.33. The molecule has 0 aliphatic carbocycles. The highest BCUT2D eigenvalue weighted by Gasteiger charge is 2.14. The molecule has 1 aromatic heterocycles. The van der Waals surface area contributed by atoms with Crippen molar-refractivity contribution in [3.63, 3.8) is 0 Å². The van der Waals surface area contributed by atoms with Crippen molar-refractivity contribution >= 4 is 5.97 Å². The van der Waals surface area contributed by atoms with Crippen molar-refractivity contribution in [2.75, 3.05) is 0 Å². The molecule has 1 aromatic rings. The lowest BCUT2D eigenvalue weighted by Crippen LogP contribution is -2.17. The van der Waals surface area contributed by atoms with E-state index in [1.165, 1.54) is 4.68 Å². The monoisotopic (exact) mass is 154 g/mol. The van der Waals surface area contributed by atoms with E-state index in [9.17, 15) is 4.79 Å². The van der Waals surface area contributed by atoms with Crippen LogP contribution < -0.4 is 0 Å². The molecule has 0 amide bonds. The summed E-state index contributed by atoms with van der Waals surface area (Å²) >= 11 is 0. The van der Waals surface area contributed by atoms with Crippen molar-refractivity contribution in [2.45, 2.75) is 19.9 Å². The van der Waals surface area contributed by atoms with E-state index in [4.69, 9.17) is 5.11 Å². The number of rotatable bonds is 2. The Morgan fingerprint density at radius 3 is 2.82 bits per heavy atom. The lowest BCUT2D eigenvalue weighted by molar-refractivity contribution is -0.140. The van der Waals surface area contributed by atoms with Gasteiger partial charge in [0.15, 0.2) is 0 Å². The lowest BCUT2D eigenvalue weighted by atomic mass is 10.3. The number of nitrogens with zero attached hydrogens (tertiary/aromatic N) is 2. The third-order valence-corrected chi connectivity index (χ3v) is 1.59. The molecule has 1 heterocycles. The molecule has 11 heavy (non-hydrogen) atoms. The molecule has 0 saturated heterocycles. The Hall–Kier alpha value is -1.32. The molecular formula is C7H10N2O2. The standard InChI is InChI=1S/C7H10N2O2/c1-5-3-4-8-9(5)6(2)7(10)11/h3-4,6H,1-2H3,(H,10,11). The van der Waals surface area contributed by atoms with Crippen LogP contribution in [-0.4, -0.2) is 20.9 Å². The Labute approximate surface area is 64.5 Å². The normalized spacial score (nSPS) is 12.9. The van der Waals surface area contributed by atoms with Gasteiger partial charge in [-0.1, -0.05) is 0 Å². The minimum absolute atomic E-state index is 0.579. The van der Waals surface area contributed by atoms with E-state index in [1.807, 2.05) is 6.92 Å². The van der Waals surface area contributed by atoms with E-state index < -0.39 is 12.0 Å². The van der Waals surface area contributed by atoms with Gasteiger partial charge in [0.05, 0.1) is 0 Å². The molecule has 0 aromatic carbocycles. The van der Waals surface area contributed by atoms with Gasteiger partial charge in [-0.2, -0.15) is 5.10 Å². The Kier molecular flexibility index (Phi) is 1.94. The van der Waals surface area contributed by atoms with Crippen molar-refractivity contribution in [3.05, 3.63) is 18.0 Å². The number of carboxylic acids is 1. The molecule has 0 radical (unpaired) electrons. The molecule has 60 valence electrons. The van der Waals surface area contributed by atoms with E-state index in [0.717, 1.165) is 5.69 Å². The largest absolute Gasteiger partial charge is 0.480 e. The second-order valence-corrected chi connectivity index (χ2v) is 2.43. The maximum Gasteiger partial charge on any atom is 0.328 e. The fourth-order valence-corrected chi connectivity index (χ4v) is 0.891. The lowest BCUT2D eigenvalue weighted by Gasteiger charge is -2.07. The van der Waals surface area contributed by atoms with Gasteiger partial charge in [-0.05, 0) is 19.9 Å². The van der Waals surface area contributed by atoms with Crippen LogP contribution in [0, 0.1) is 6.92 Å². The third-order valence-electron chi connectivity index (χ3n) is 1.59. The van der Waals surface area contributed by atoms with E-state index in [1.54, 1.807) is 19.2 Å². The smallest absolute Gasteiger partial charge is 0.328 e. The van der Waals surface area contributed by atoms with Gasteiger partial charge in [0.1, 0.15) is 6.04 Å². The molecule has 0 aliphatic heterocycles. The highest BCUT2D eigenvalue weighted by molar-refractivity contribution is 5.71. The summed E-state index contributed by atoms with van der Waals surface area (Å²) in [4.78, 5) is 10.5. The maximum absolute atomic E-state index is 10.5. The van der Waals surface area contributed by atoms with Crippen molar-refractivity contribution < 1.29 is 9.90 Å².